The van der Waals surface area contributed by atoms with Crippen LogP contribution in [0.1, 0.15) is 30.9 Å². The summed E-state index contributed by atoms with van der Waals surface area (Å²) < 4.78 is 0. The average molecular weight is 269 g/mol. The third-order valence-electron chi connectivity index (χ3n) is 2.92. The second-order valence-electron chi connectivity index (χ2n) is 4.58. The molecule has 0 aliphatic rings. The van der Waals surface area contributed by atoms with Crippen LogP contribution in [0.4, 0.5) is 0 Å². The molecule has 0 radical (unpaired) electrons. The van der Waals surface area contributed by atoms with Gasteiger partial charge in [0.15, 0.2) is 0 Å². The van der Waals surface area contributed by atoms with Crippen molar-refractivity contribution in [3.8, 4) is 18.4 Å². The summed E-state index contributed by atoms with van der Waals surface area (Å²) in [7, 11) is 0. The molecule has 0 fully saturated rings. The van der Waals surface area contributed by atoms with Crippen molar-refractivity contribution in [1.29, 1.82) is 5.26 Å². The first-order valence-corrected chi connectivity index (χ1v) is 6.59. The lowest BCUT2D eigenvalue weighted by atomic mass is 10.1. The summed E-state index contributed by atoms with van der Waals surface area (Å²) in [6.07, 6.45) is 6.29. The summed E-state index contributed by atoms with van der Waals surface area (Å²) in [4.78, 5) is 13.9. The van der Waals surface area contributed by atoms with Crippen molar-refractivity contribution in [3.05, 3.63) is 35.4 Å². The standard InChI is InChI=1S/C16H19N3O/c1-3-5-15(18)16(20)19(10-4-2)12-14-8-6-13(11-17)7-9-14/h1,6-9,15H,4-5,10,12,18H2,2H3. The highest BCUT2D eigenvalue weighted by Gasteiger charge is 2.19. The highest BCUT2D eigenvalue weighted by Crippen LogP contribution is 2.09. The molecule has 0 saturated heterocycles. The van der Waals surface area contributed by atoms with Crippen LogP contribution in [-0.2, 0) is 11.3 Å². The Labute approximate surface area is 120 Å². The van der Waals surface area contributed by atoms with Crippen molar-refractivity contribution in [2.75, 3.05) is 6.54 Å². The van der Waals surface area contributed by atoms with E-state index < -0.39 is 6.04 Å². The summed E-state index contributed by atoms with van der Waals surface area (Å²) in [5.74, 6) is 2.29. The normalized spacial score (nSPS) is 11.2. The molecule has 1 atom stereocenters. The van der Waals surface area contributed by atoms with E-state index in [1.807, 2.05) is 19.1 Å². The van der Waals surface area contributed by atoms with Gasteiger partial charge in [-0.25, -0.2) is 0 Å². The Bertz CT molecular complexity index is 522. The predicted octanol–water partition coefficient (Wildman–Crippen LogP) is 1.65. The van der Waals surface area contributed by atoms with E-state index in [-0.39, 0.29) is 12.3 Å². The van der Waals surface area contributed by atoms with Gasteiger partial charge in [-0.15, -0.1) is 12.3 Å². The molecule has 0 aromatic heterocycles. The number of nitrogens with zero attached hydrogens (tertiary/aromatic N) is 2. The maximum absolute atomic E-state index is 12.2. The van der Waals surface area contributed by atoms with Crippen LogP contribution in [0.15, 0.2) is 24.3 Å². The molecule has 104 valence electrons. The van der Waals surface area contributed by atoms with Crippen molar-refractivity contribution < 1.29 is 4.79 Å². The second kappa shape index (κ2) is 7.99. The Kier molecular flexibility index (Phi) is 6.29. The molecule has 0 bridgehead atoms. The van der Waals surface area contributed by atoms with Crippen molar-refractivity contribution >= 4 is 5.91 Å². The van der Waals surface area contributed by atoms with Gasteiger partial charge in [0.25, 0.3) is 0 Å². The zero-order chi connectivity index (χ0) is 15.0. The number of benzene rings is 1. The van der Waals surface area contributed by atoms with Gasteiger partial charge in [-0.1, -0.05) is 19.1 Å². The van der Waals surface area contributed by atoms with Gasteiger partial charge in [0.1, 0.15) is 0 Å². The van der Waals surface area contributed by atoms with Gasteiger partial charge in [0.05, 0.1) is 17.7 Å². The smallest absolute Gasteiger partial charge is 0.240 e. The van der Waals surface area contributed by atoms with Crippen molar-refractivity contribution in [1.82, 2.24) is 4.90 Å². The lowest BCUT2D eigenvalue weighted by Crippen LogP contribution is -2.43. The number of rotatable bonds is 6. The van der Waals surface area contributed by atoms with Crippen LogP contribution < -0.4 is 5.73 Å². The summed E-state index contributed by atoms with van der Waals surface area (Å²) in [5, 5.41) is 8.76. The minimum atomic E-state index is -0.648. The number of carbonyl (C=O) groups excluding carboxylic acids is 1. The molecule has 1 rings (SSSR count). The fourth-order valence-corrected chi connectivity index (χ4v) is 1.89. The van der Waals surface area contributed by atoms with Gasteiger partial charge in [0.2, 0.25) is 5.91 Å². The molecular formula is C16H19N3O. The van der Waals surface area contributed by atoms with E-state index in [2.05, 4.69) is 12.0 Å². The third kappa shape index (κ3) is 4.42. The molecule has 0 heterocycles. The molecule has 1 aromatic rings. The molecule has 1 aromatic carbocycles. The number of hydrogen-bond acceptors (Lipinski definition) is 3. The monoisotopic (exact) mass is 269 g/mol. The zero-order valence-corrected chi connectivity index (χ0v) is 11.7. The number of amides is 1. The Balaban J connectivity index is 2.78. The molecule has 1 amide bonds. The highest BCUT2D eigenvalue weighted by atomic mass is 16.2. The van der Waals surface area contributed by atoms with E-state index in [9.17, 15) is 4.79 Å². The third-order valence-corrected chi connectivity index (χ3v) is 2.92. The van der Waals surface area contributed by atoms with Crippen molar-refractivity contribution in [2.24, 2.45) is 5.73 Å². The molecule has 0 spiro atoms. The van der Waals surface area contributed by atoms with Crippen LogP contribution in [0.2, 0.25) is 0 Å². The van der Waals surface area contributed by atoms with Crippen LogP contribution in [0.3, 0.4) is 0 Å². The van der Waals surface area contributed by atoms with E-state index in [4.69, 9.17) is 17.4 Å². The first-order valence-electron chi connectivity index (χ1n) is 6.59. The molecule has 4 nitrogen and oxygen atoms in total. The van der Waals surface area contributed by atoms with Crippen LogP contribution in [0.5, 0.6) is 0 Å². The van der Waals surface area contributed by atoms with E-state index in [1.54, 1.807) is 17.0 Å². The molecule has 4 heteroatoms. The second-order valence-corrected chi connectivity index (χ2v) is 4.58. The number of terminal acetylenes is 1. The SMILES string of the molecule is C#CCC(N)C(=O)N(CCC)Cc1ccc(C#N)cc1. The van der Waals surface area contributed by atoms with E-state index in [1.165, 1.54) is 0 Å². The lowest BCUT2D eigenvalue weighted by molar-refractivity contribution is -0.133. The van der Waals surface area contributed by atoms with E-state index in [0.717, 1.165) is 12.0 Å². The molecule has 0 aliphatic heterocycles. The van der Waals surface area contributed by atoms with Crippen molar-refractivity contribution in [3.63, 3.8) is 0 Å². The fourth-order valence-electron chi connectivity index (χ4n) is 1.89. The minimum Gasteiger partial charge on any atom is -0.337 e. The average Bonchev–Trinajstić information content (AvgIpc) is 2.47. The van der Waals surface area contributed by atoms with Crippen LogP contribution in [0, 0.1) is 23.7 Å². The largest absolute Gasteiger partial charge is 0.337 e. The maximum atomic E-state index is 12.2. The number of nitriles is 1. The summed E-state index contributed by atoms with van der Waals surface area (Å²) >= 11 is 0. The van der Waals surface area contributed by atoms with Gasteiger partial charge in [-0.05, 0) is 24.1 Å². The summed E-state index contributed by atoms with van der Waals surface area (Å²) in [6.45, 7) is 3.12. The minimum absolute atomic E-state index is 0.130. The Morgan fingerprint density at radius 1 is 1.45 bits per heavy atom. The number of nitrogens with two attached hydrogens (primary N) is 1. The number of carbonyl (C=O) groups is 1. The van der Waals surface area contributed by atoms with Gasteiger partial charge in [-0.3, -0.25) is 4.79 Å². The lowest BCUT2D eigenvalue weighted by Gasteiger charge is -2.24. The topological polar surface area (TPSA) is 70.1 Å². The van der Waals surface area contributed by atoms with Gasteiger partial charge in [-0.2, -0.15) is 5.26 Å². The quantitative estimate of drug-likeness (QED) is 0.798. The van der Waals surface area contributed by atoms with E-state index in [0.29, 0.717) is 18.7 Å². The maximum Gasteiger partial charge on any atom is 0.240 e. The first kappa shape index (κ1) is 15.8. The molecule has 0 aliphatic carbocycles. The van der Waals surface area contributed by atoms with Crippen LogP contribution in [0.25, 0.3) is 0 Å². The van der Waals surface area contributed by atoms with Gasteiger partial charge >= 0.3 is 0 Å². The fraction of sp³-hybridized carbons (Fsp3) is 0.375. The summed E-state index contributed by atoms with van der Waals surface area (Å²) in [5.41, 5.74) is 7.36. The molecule has 20 heavy (non-hydrogen) atoms. The Morgan fingerprint density at radius 3 is 2.60 bits per heavy atom. The molecule has 1 unspecified atom stereocenters. The van der Waals surface area contributed by atoms with Gasteiger partial charge < -0.3 is 10.6 Å². The predicted molar refractivity (Wildman–Crippen MR) is 78.3 cm³/mol. The Morgan fingerprint density at radius 2 is 2.10 bits per heavy atom. The summed E-state index contributed by atoms with van der Waals surface area (Å²) in [6, 6.07) is 8.60. The van der Waals surface area contributed by atoms with E-state index >= 15 is 0 Å². The highest BCUT2D eigenvalue weighted by molar-refractivity contribution is 5.82. The van der Waals surface area contributed by atoms with Gasteiger partial charge in [0, 0.05) is 19.5 Å². The molecule has 2 N–H and O–H groups in total. The zero-order valence-electron chi connectivity index (χ0n) is 11.7. The molecular weight excluding hydrogens is 250 g/mol. The Hall–Kier alpha value is -2.30. The van der Waals surface area contributed by atoms with Crippen LogP contribution in [-0.4, -0.2) is 23.4 Å². The first-order chi connectivity index (χ1) is 9.62. The number of hydrogen-bond donors (Lipinski definition) is 1. The van der Waals surface area contributed by atoms with Crippen molar-refractivity contribution in [2.45, 2.75) is 32.4 Å². The van der Waals surface area contributed by atoms with Crippen LogP contribution >= 0.6 is 0 Å². The molecule has 0 saturated carbocycles.